The number of hydrogen-bond donors (Lipinski definition) is 1. The third kappa shape index (κ3) is 2.84. The molecule has 0 aliphatic heterocycles. The Labute approximate surface area is 112 Å². The van der Waals surface area contributed by atoms with Crippen LogP contribution in [0, 0.1) is 13.8 Å². The van der Waals surface area contributed by atoms with Crippen LogP contribution in [0.25, 0.3) is 0 Å². The second-order valence-electron chi connectivity index (χ2n) is 5.27. The lowest BCUT2D eigenvalue weighted by atomic mass is 9.83. The molecule has 0 radical (unpaired) electrons. The van der Waals surface area contributed by atoms with Gasteiger partial charge in [-0.3, -0.25) is 4.79 Å². The number of nitrogens with zero attached hydrogens (tertiary/aromatic N) is 1. The number of amides is 1. The van der Waals surface area contributed by atoms with E-state index in [2.05, 4.69) is 10.5 Å². The van der Waals surface area contributed by atoms with Crippen molar-refractivity contribution in [3.63, 3.8) is 0 Å². The normalized spacial score (nSPS) is 11.4. The molecule has 0 saturated heterocycles. The van der Waals surface area contributed by atoms with E-state index in [0.29, 0.717) is 11.6 Å². The van der Waals surface area contributed by atoms with Crippen LogP contribution in [0.15, 0.2) is 34.9 Å². The van der Waals surface area contributed by atoms with Crippen LogP contribution < -0.4 is 5.32 Å². The van der Waals surface area contributed by atoms with Gasteiger partial charge in [0.15, 0.2) is 5.82 Å². The highest BCUT2D eigenvalue weighted by molar-refractivity contribution is 5.97. The van der Waals surface area contributed by atoms with Crippen molar-refractivity contribution in [2.45, 2.75) is 33.1 Å². The Morgan fingerprint density at radius 1 is 1.21 bits per heavy atom. The maximum Gasteiger partial charge on any atom is 0.235 e. The Kier molecular flexibility index (Phi) is 3.42. The zero-order valence-electron chi connectivity index (χ0n) is 11.7. The number of nitrogens with one attached hydrogen (secondary N) is 1. The van der Waals surface area contributed by atoms with Crippen molar-refractivity contribution in [1.82, 2.24) is 5.16 Å². The number of carbonyl (C=O) groups excluding carboxylic acids is 1. The van der Waals surface area contributed by atoms with E-state index in [9.17, 15) is 4.79 Å². The molecule has 1 N–H and O–H groups in total. The third-order valence-corrected chi connectivity index (χ3v) is 3.21. The molecule has 0 saturated carbocycles. The summed E-state index contributed by atoms with van der Waals surface area (Å²) in [6.07, 6.45) is 0. The molecule has 2 rings (SSSR count). The van der Waals surface area contributed by atoms with Crippen LogP contribution in [0.4, 0.5) is 5.82 Å². The minimum absolute atomic E-state index is 0.107. The molecular formula is C15H18N2O2. The first-order chi connectivity index (χ1) is 8.89. The fourth-order valence-corrected chi connectivity index (χ4v) is 1.80. The molecule has 0 spiro atoms. The highest BCUT2D eigenvalue weighted by atomic mass is 16.5. The SMILES string of the molecule is Cc1ccc(C(C)(C)C(=O)Nc2cc(C)on2)cc1. The van der Waals surface area contributed by atoms with Gasteiger partial charge >= 0.3 is 0 Å². The van der Waals surface area contributed by atoms with Crippen LogP contribution in [0.2, 0.25) is 0 Å². The lowest BCUT2D eigenvalue weighted by Gasteiger charge is -2.23. The average Bonchev–Trinajstić information content (AvgIpc) is 2.75. The summed E-state index contributed by atoms with van der Waals surface area (Å²) >= 11 is 0. The van der Waals surface area contributed by atoms with Gasteiger partial charge in [-0.05, 0) is 33.3 Å². The van der Waals surface area contributed by atoms with Gasteiger partial charge in [0.2, 0.25) is 5.91 Å². The van der Waals surface area contributed by atoms with Crippen molar-refractivity contribution in [2.24, 2.45) is 0 Å². The van der Waals surface area contributed by atoms with Gasteiger partial charge in [0, 0.05) is 6.07 Å². The summed E-state index contributed by atoms with van der Waals surface area (Å²) in [5, 5.41) is 6.54. The van der Waals surface area contributed by atoms with E-state index >= 15 is 0 Å². The number of hydrogen-bond acceptors (Lipinski definition) is 3. The fraction of sp³-hybridized carbons (Fsp3) is 0.333. The molecule has 4 heteroatoms. The van der Waals surface area contributed by atoms with Crippen LogP contribution in [-0.2, 0) is 10.2 Å². The smallest absolute Gasteiger partial charge is 0.235 e. The minimum atomic E-state index is -0.624. The Bertz CT molecular complexity index is 582. The summed E-state index contributed by atoms with van der Waals surface area (Å²) in [4.78, 5) is 12.3. The molecule has 100 valence electrons. The first kappa shape index (κ1) is 13.3. The van der Waals surface area contributed by atoms with E-state index in [-0.39, 0.29) is 5.91 Å². The second-order valence-corrected chi connectivity index (χ2v) is 5.27. The molecule has 1 aromatic carbocycles. The van der Waals surface area contributed by atoms with E-state index in [0.717, 1.165) is 5.56 Å². The Balaban J connectivity index is 2.19. The van der Waals surface area contributed by atoms with Crippen LogP contribution in [-0.4, -0.2) is 11.1 Å². The molecule has 0 fully saturated rings. The van der Waals surface area contributed by atoms with Gasteiger partial charge < -0.3 is 9.84 Å². The maximum absolute atomic E-state index is 12.3. The predicted octanol–water partition coefficient (Wildman–Crippen LogP) is 3.21. The average molecular weight is 258 g/mol. The summed E-state index contributed by atoms with van der Waals surface area (Å²) in [6, 6.07) is 9.66. The van der Waals surface area contributed by atoms with Crippen molar-refractivity contribution in [3.05, 3.63) is 47.2 Å². The van der Waals surface area contributed by atoms with Gasteiger partial charge in [-0.1, -0.05) is 35.0 Å². The molecule has 4 nitrogen and oxygen atoms in total. The molecule has 1 heterocycles. The highest BCUT2D eigenvalue weighted by Gasteiger charge is 2.30. The monoisotopic (exact) mass is 258 g/mol. The first-order valence-corrected chi connectivity index (χ1v) is 6.21. The molecule has 0 aliphatic carbocycles. The highest BCUT2D eigenvalue weighted by Crippen LogP contribution is 2.25. The zero-order chi connectivity index (χ0) is 14.0. The molecule has 0 atom stereocenters. The van der Waals surface area contributed by atoms with Crippen molar-refractivity contribution < 1.29 is 9.32 Å². The summed E-state index contributed by atoms with van der Waals surface area (Å²) in [5.74, 6) is 1.01. The van der Waals surface area contributed by atoms with E-state index in [1.165, 1.54) is 5.56 Å². The Morgan fingerprint density at radius 2 is 1.84 bits per heavy atom. The van der Waals surface area contributed by atoms with Gasteiger partial charge in [-0.2, -0.15) is 0 Å². The quantitative estimate of drug-likeness (QED) is 0.919. The number of aryl methyl sites for hydroxylation is 2. The molecule has 1 amide bonds. The summed E-state index contributed by atoms with van der Waals surface area (Å²) < 4.78 is 4.93. The largest absolute Gasteiger partial charge is 0.360 e. The van der Waals surface area contributed by atoms with Crippen LogP contribution in [0.1, 0.15) is 30.7 Å². The topological polar surface area (TPSA) is 55.1 Å². The Morgan fingerprint density at radius 3 is 2.37 bits per heavy atom. The summed E-state index contributed by atoms with van der Waals surface area (Å²) in [5.41, 5.74) is 1.52. The predicted molar refractivity (Wildman–Crippen MR) is 74.1 cm³/mol. The van der Waals surface area contributed by atoms with Gasteiger partial charge in [0.25, 0.3) is 0 Å². The lowest BCUT2D eigenvalue weighted by Crippen LogP contribution is -2.34. The van der Waals surface area contributed by atoms with Crippen molar-refractivity contribution in [3.8, 4) is 0 Å². The van der Waals surface area contributed by atoms with E-state index in [1.54, 1.807) is 13.0 Å². The van der Waals surface area contributed by atoms with Crippen LogP contribution >= 0.6 is 0 Å². The molecule has 1 aromatic heterocycles. The third-order valence-electron chi connectivity index (χ3n) is 3.21. The molecular weight excluding hydrogens is 240 g/mol. The number of anilines is 1. The number of benzene rings is 1. The van der Waals surface area contributed by atoms with E-state index in [1.807, 2.05) is 45.0 Å². The van der Waals surface area contributed by atoms with Crippen LogP contribution in [0.5, 0.6) is 0 Å². The standard InChI is InChI=1S/C15H18N2O2/c1-10-5-7-12(8-6-10)15(3,4)14(18)16-13-9-11(2)19-17-13/h5-9H,1-4H3,(H,16,17,18). The van der Waals surface area contributed by atoms with Gasteiger partial charge in [0.1, 0.15) is 5.76 Å². The van der Waals surface area contributed by atoms with Crippen molar-refractivity contribution in [2.75, 3.05) is 5.32 Å². The van der Waals surface area contributed by atoms with Crippen LogP contribution in [0.3, 0.4) is 0 Å². The summed E-state index contributed by atoms with van der Waals surface area (Å²) in [7, 11) is 0. The van der Waals surface area contributed by atoms with Gasteiger partial charge in [-0.25, -0.2) is 0 Å². The van der Waals surface area contributed by atoms with E-state index in [4.69, 9.17) is 4.52 Å². The first-order valence-electron chi connectivity index (χ1n) is 6.21. The second kappa shape index (κ2) is 4.88. The molecule has 19 heavy (non-hydrogen) atoms. The van der Waals surface area contributed by atoms with Gasteiger partial charge in [-0.15, -0.1) is 0 Å². The molecule has 0 bridgehead atoms. The number of rotatable bonds is 3. The fourth-order valence-electron chi connectivity index (χ4n) is 1.80. The molecule has 0 unspecified atom stereocenters. The number of carbonyl (C=O) groups is 1. The molecule has 0 aliphatic rings. The Hall–Kier alpha value is -2.10. The van der Waals surface area contributed by atoms with E-state index < -0.39 is 5.41 Å². The maximum atomic E-state index is 12.3. The molecule has 2 aromatic rings. The van der Waals surface area contributed by atoms with Gasteiger partial charge in [0.05, 0.1) is 5.41 Å². The minimum Gasteiger partial charge on any atom is -0.360 e. The van der Waals surface area contributed by atoms with Crippen molar-refractivity contribution in [1.29, 1.82) is 0 Å². The lowest BCUT2D eigenvalue weighted by molar-refractivity contribution is -0.120. The zero-order valence-corrected chi connectivity index (χ0v) is 11.7. The number of aromatic nitrogens is 1. The van der Waals surface area contributed by atoms with Crippen molar-refractivity contribution >= 4 is 11.7 Å². The summed E-state index contributed by atoms with van der Waals surface area (Å²) in [6.45, 7) is 7.59.